The smallest absolute Gasteiger partial charge is 0.398 e. The summed E-state index contributed by atoms with van der Waals surface area (Å²) in [5.41, 5.74) is 0. The summed E-state index contributed by atoms with van der Waals surface area (Å²) in [6.07, 6.45) is -9.76. The molecule has 10 nitrogen and oxygen atoms in total. The zero-order valence-corrected chi connectivity index (χ0v) is 8.89. The van der Waals surface area contributed by atoms with E-state index in [1.54, 1.807) is 0 Å². The molecule has 0 fully saturated rings. The minimum Gasteiger partial charge on any atom is -0.479 e. The average Bonchev–Trinajstić information content (AvgIpc) is 2.21. The molecule has 0 bridgehead atoms. The third-order valence-corrected chi connectivity index (χ3v) is 2.10. The number of carbonyl (C=O) groups is 2. The van der Waals surface area contributed by atoms with E-state index in [0.29, 0.717) is 0 Å². The summed E-state index contributed by atoms with van der Waals surface area (Å²) < 4.78 is 32.3. The molecule has 0 aliphatic heterocycles. The monoisotopic (exact) mass is 274 g/mol. The van der Waals surface area contributed by atoms with Crippen LogP contribution in [0.3, 0.4) is 0 Å². The van der Waals surface area contributed by atoms with Gasteiger partial charge in [0.25, 0.3) is 0 Å². The fraction of sp³-hybridized carbons (Fsp3) is 0.667. The highest BCUT2D eigenvalue weighted by molar-refractivity contribution is 7.80. The van der Waals surface area contributed by atoms with Gasteiger partial charge in [-0.15, -0.1) is 0 Å². The van der Waals surface area contributed by atoms with Crippen molar-refractivity contribution in [3.63, 3.8) is 0 Å². The van der Waals surface area contributed by atoms with Crippen LogP contribution in [-0.4, -0.2) is 70.1 Å². The maximum atomic E-state index is 10.3. The van der Waals surface area contributed by atoms with Crippen LogP contribution >= 0.6 is 0 Å². The summed E-state index contributed by atoms with van der Waals surface area (Å²) in [5, 5.41) is 35.3. The van der Waals surface area contributed by atoms with Crippen LogP contribution in [0.5, 0.6) is 0 Å². The minimum absolute atomic E-state index is 0.295. The summed E-state index contributed by atoms with van der Waals surface area (Å²) in [6.45, 7) is 0. The second kappa shape index (κ2) is 6.00. The van der Waals surface area contributed by atoms with E-state index in [0.717, 1.165) is 0 Å². The van der Waals surface area contributed by atoms with Crippen molar-refractivity contribution in [1.29, 1.82) is 0 Å². The summed E-state index contributed by atoms with van der Waals surface area (Å²) in [6, 6.07) is 0. The summed E-state index contributed by atoms with van der Waals surface area (Å²) >= 11 is 0. The van der Waals surface area contributed by atoms with Gasteiger partial charge in [-0.25, -0.2) is 8.98 Å². The molecule has 100 valence electrons. The molecule has 4 atom stereocenters. The summed E-state index contributed by atoms with van der Waals surface area (Å²) in [5.74, 6) is -1.91. The predicted molar refractivity (Wildman–Crippen MR) is 48.1 cm³/mol. The van der Waals surface area contributed by atoms with Crippen LogP contribution in [0.4, 0.5) is 0 Å². The molecule has 0 saturated carbocycles. The van der Waals surface area contributed by atoms with Crippen LogP contribution in [0.15, 0.2) is 0 Å². The first-order valence-electron chi connectivity index (χ1n) is 3.98. The first-order chi connectivity index (χ1) is 7.60. The lowest BCUT2D eigenvalue weighted by atomic mass is 10.0. The second-order valence-corrected chi connectivity index (χ2v) is 3.94. The second-order valence-electron chi connectivity index (χ2n) is 2.89. The highest BCUT2D eigenvalue weighted by atomic mass is 32.3. The zero-order valence-electron chi connectivity index (χ0n) is 8.07. The highest BCUT2D eigenvalue weighted by Crippen LogP contribution is 2.09. The Morgan fingerprint density at radius 3 is 1.94 bits per heavy atom. The molecule has 17 heavy (non-hydrogen) atoms. The standard InChI is InChI=1S/C6H10O10S/c7-1-2(16-17(13,14)15)3(8)4(9)5(10)6(11)12/h1-5,8-10H,(H,11,12)(H,13,14,15)/t2-,3+,4-,5+/m1/s1. The van der Waals surface area contributed by atoms with Gasteiger partial charge in [0.15, 0.2) is 18.5 Å². The van der Waals surface area contributed by atoms with Crippen LogP contribution in [0.1, 0.15) is 0 Å². The molecular weight excluding hydrogens is 264 g/mol. The van der Waals surface area contributed by atoms with E-state index in [1.165, 1.54) is 0 Å². The van der Waals surface area contributed by atoms with Gasteiger partial charge in [-0.2, -0.15) is 8.42 Å². The fourth-order valence-corrected chi connectivity index (χ4v) is 1.27. The Morgan fingerprint density at radius 1 is 1.18 bits per heavy atom. The number of carboxylic acid groups (broad SMARTS) is 1. The number of aliphatic hydroxyl groups is 3. The lowest BCUT2D eigenvalue weighted by molar-refractivity contribution is -0.162. The Balaban J connectivity index is 4.81. The van der Waals surface area contributed by atoms with Gasteiger partial charge in [-0.05, 0) is 0 Å². The van der Waals surface area contributed by atoms with Crippen molar-refractivity contribution < 1.29 is 47.2 Å². The third kappa shape index (κ3) is 5.16. The topological polar surface area (TPSA) is 179 Å². The molecule has 0 rings (SSSR count). The van der Waals surface area contributed by atoms with Gasteiger partial charge in [-0.1, -0.05) is 0 Å². The van der Waals surface area contributed by atoms with Crippen LogP contribution < -0.4 is 0 Å². The van der Waals surface area contributed by atoms with E-state index in [4.69, 9.17) is 25.0 Å². The highest BCUT2D eigenvalue weighted by Gasteiger charge is 2.37. The molecule has 5 N–H and O–H groups in total. The zero-order chi connectivity index (χ0) is 13.8. The molecule has 0 aromatic rings. The molecule has 0 spiro atoms. The minimum atomic E-state index is -5.09. The molecule has 0 amide bonds. The van der Waals surface area contributed by atoms with Gasteiger partial charge in [0.1, 0.15) is 12.2 Å². The van der Waals surface area contributed by atoms with E-state index >= 15 is 0 Å². The lowest BCUT2D eigenvalue weighted by Gasteiger charge is -2.23. The van der Waals surface area contributed by atoms with Crippen molar-refractivity contribution >= 4 is 22.7 Å². The number of carboxylic acids is 1. The number of carbonyl (C=O) groups excluding carboxylic acids is 1. The van der Waals surface area contributed by atoms with Crippen molar-refractivity contribution in [3.8, 4) is 0 Å². The molecule has 0 aromatic heterocycles. The maximum absolute atomic E-state index is 10.3. The third-order valence-electron chi connectivity index (χ3n) is 1.63. The molecular formula is C6H10O10S. The van der Waals surface area contributed by atoms with Gasteiger partial charge >= 0.3 is 16.4 Å². The van der Waals surface area contributed by atoms with E-state index in [9.17, 15) is 18.0 Å². The molecule has 0 unspecified atom stereocenters. The molecule has 0 aliphatic carbocycles. The maximum Gasteiger partial charge on any atom is 0.398 e. The number of aliphatic carboxylic acids is 1. The van der Waals surface area contributed by atoms with Crippen molar-refractivity contribution in [1.82, 2.24) is 0 Å². The van der Waals surface area contributed by atoms with Crippen molar-refractivity contribution in [2.24, 2.45) is 0 Å². The number of rotatable bonds is 7. The number of hydrogen-bond donors (Lipinski definition) is 5. The molecule has 0 aromatic carbocycles. The number of hydrogen-bond acceptors (Lipinski definition) is 8. The molecule has 0 radical (unpaired) electrons. The quantitative estimate of drug-likeness (QED) is 0.231. The summed E-state index contributed by atoms with van der Waals surface area (Å²) in [7, 11) is -5.09. The average molecular weight is 274 g/mol. The Bertz CT molecular complexity index is 374. The van der Waals surface area contributed by atoms with E-state index in [2.05, 4.69) is 4.18 Å². The Morgan fingerprint density at radius 2 is 1.65 bits per heavy atom. The lowest BCUT2D eigenvalue weighted by Crippen LogP contribution is -2.49. The first-order valence-corrected chi connectivity index (χ1v) is 5.34. The van der Waals surface area contributed by atoms with E-state index in [-0.39, 0.29) is 6.29 Å². The largest absolute Gasteiger partial charge is 0.479 e. The molecule has 0 heterocycles. The first kappa shape index (κ1) is 15.9. The van der Waals surface area contributed by atoms with Crippen LogP contribution in [0, 0.1) is 0 Å². The fourth-order valence-electron chi connectivity index (χ4n) is 0.828. The van der Waals surface area contributed by atoms with Crippen molar-refractivity contribution in [2.75, 3.05) is 0 Å². The van der Waals surface area contributed by atoms with Crippen molar-refractivity contribution in [3.05, 3.63) is 0 Å². The number of aldehydes is 1. The van der Waals surface area contributed by atoms with Crippen LogP contribution in [0.2, 0.25) is 0 Å². The van der Waals surface area contributed by atoms with Gasteiger partial charge in [-0.3, -0.25) is 4.55 Å². The Hall–Kier alpha value is -1.11. The van der Waals surface area contributed by atoms with Gasteiger partial charge in [0.2, 0.25) is 0 Å². The molecule has 0 aliphatic rings. The Kier molecular flexibility index (Phi) is 5.60. The van der Waals surface area contributed by atoms with E-state index < -0.39 is 40.8 Å². The van der Waals surface area contributed by atoms with E-state index in [1.807, 2.05) is 0 Å². The number of aliphatic hydroxyl groups excluding tert-OH is 3. The van der Waals surface area contributed by atoms with Crippen molar-refractivity contribution in [2.45, 2.75) is 24.4 Å². The van der Waals surface area contributed by atoms with Crippen LogP contribution in [-0.2, 0) is 24.2 Å². The summed E-state index contributed by atoms with van der Waals surface area (Å²) in [4.78, 5) is 20.5. The predicted octanol–water partition coefficient (Wildman–Crippen LogP) is -3.46. The molecule has 0 saturated heterocycles. The normalized spacial score (nSPS) is 19.1. The molecule has 11 heteroatoms. The van der Waals surface area contributed by atoms with Gasteiger partial charge in [0, 0.05) is 0 Å². The van der Waals surface area contributed by atoms with Crippen LogP contribution in [0.25, 0.3) is 0 Å². The SMILES string of the molecule is O=C[C@@H](OS(=O)(=O)O)[C@H](O)[C@@H](O)[C@H](O)C(=O)O. The van der Waals surface area contributed by atoms with Gasteiger partial charge < -0.3 is 25.2 Å². The Labute approximate surface area is 95.0 Å². The van der Waals surface area contributed by atoms with Gasteiger partial charge in [0.05, 0.1) is 0 Å².